The Morgan fingerprint density at radius 3 is 1.66 bits per heavy atom. The average Bonchev–Trinajstić information content (AvgIpc) is 4.02. The highest BCUT2D eigenvalue weighted by Gasteiger charge is 2.47. The fourth-order valence-corrected chi connectivity index (χ4v) is 10.8. The van der Waals surface area contributed by atoms with Gasteiger partial charge in [-0.2, -0.15) is 0 Å². The van der Waals surface area contributed by atoms with Gasteiger partial charge < -0.3 is 13.9 Å². The summed E-state index contributed by atoms with van der Waals surface area (Å²) in [7, 11) is 0. The van der Waals surface area contributed by atoms with Crippen LogP contribution in [0.15, 0.2) is 247 Å². The van der Waals surface area contributed by atoms with Crippen LogP contribution < -0.4 is 4.90 Å². The molecule has 12 aromatic rings. The second-order valence-corrected chi connectivity index (χ2v) is 16.8. The van der Waals surface area contributed by atoms with Gasteiger partial charge in [0.05, 0.1) is 22.1 Å². The topological polar surface area (TPSA) is 21.3 Å². The van der Waals surface area contributed by atoms with Gasteiger partial charge in [-0.1, -0.05) is 182 Å². The zero-order valence-corrected chi connectivity index (χ0v) is 34.9. The van der Waals surface area contributed by atoms with Crippen LogP contribution in [0, 0.1) is 0 Å². The summed E-state index contributed by atoms with van der Waals surface area (Å²) in [6.45, 7) is 0. The molecule has 0 spiro atoms. The molecule has 1 aliphatic rings. The van der Waals surface area contributed by atoms with Crippen LogP contribution in [0.4, 0.5) is 17.1 Å². The fourth-order valence-electron chi connectivity index (χ4n) is 10.8. The molecule has 0 fully saturated rings. The Morgan fingerprint density at radius 2 is 0.969 bits per heavy atom. The van der Waals surface area contributed by atoms with Crippen molar-refractivity contribution in [1.82, 2.24) is 4.57 Å². The first-order chi connectivity index (χ1) is 31.8. The molecule has 3 heteroatoms. The first-order valence-electron chi connectivity index (χ1n) is 22.0. The quantitative estimate of drug-likeness (QED) is 0.160. The van der Waals surface area contributed by atoms with Gasteiger partial charge >= 0.3 is 0 Å². The minimum absolute atomic E-state index is 0.615. The monoisotopic (exact) mass is 816 g/mol. The predicted octanol–water partition coefficient (Wildman–Crippen LogP) is 16.2. The summed E-state index contributed by atoms with van der Waals surface area (Å²) in [5, 5.41) is 4.73. The normalized spacial score (nSPS) is 12.8. The molecule has 0 unspecified atom stereocenters. The predicted molar refractivity (Wildman–Crippen MR) is 265 cm³/mol. The summed E-state index contributed by atoms with van der Waals surface area (Å²) >= 11 is 0. The standard InChI is InChI=1S/C61H40N2O/c1-4-18-42(19-5-1)61(43-20-6-2-7-21-43)53-29-16-27-47(41-34-36-45(37-35-41)63-55-30-13-10-24-48(55)49-25-11-14-31-56(49)63)59(53)52-39-38-46(40-54(52)61)62(44-22-8-3-9-23-44)57-32-17-28-51-50-26-12-15-33-58(50)64-60(51)57/h1-40H. The first kappa shape index (κ1) is 36.3. The molecule has 2 heterocycles. The number of aromatic nitrogens is 1. The van der Waals surface area contributed by atoms with Crippen LogP contribution in [-0.2, 0) is 5.41 Å². The van der Waals surface area contributed by atoms with Gasteiger partial charge in [-0.25, -0.2) is 0 Å². The van der Waals surface area contributed by atoms with E-state index in [-0.39, 0.29) is 0 Å². The molecule has 0 aliphatic heterocycles. The van der Waals surface area contributed by atoms with Crippen LogP contribution in [-0.4, -0.2) is 4.57 Å². The third-order valence-electron chi connectivity index (χ3n) is 13.5. The van der Waals surface area contributed by atoms with E-state index < -0.39 is 5.41 Å². The minimum Gasteiger partial charge on any atom is -0.454 e. The van der Waals surface area contributed by atoms with Gasteiger partial charge in [-0.05, 0) is 105 Å². The van der Waals surface area contributed by atoms with E-state index in [0.717, 1.165) is 44.7 Å². The van der Waals surface area contributed by atoms with Gasteiger partial charge in [0.15, 0.2) is 5.58 Å². The third kappa shape index (κ3) is 5.28. The van der Waals surface area contributed by atoms with Crippen molar-refractivity contribution in [2.45, 2.75) is 5.41 Å². The van der Waals surface area contributed by atoms with E-state index in [1.54, 1.807) is 0 Å². The van der Waals surface area contributed by atoms with Crippen LogP contribution >= 0.6 is 0 Å². The lowest BCUT2D eigenvalue weighted by Crippen LogP contribution is -2.28. The van der Waals surface area contributed by atoms with Crippen molar-refractivity contribution >= 4 is 60.8 Å². The van der Waals surface area contributed by atoms with Crippen molar-refractivity contribution in [3.05, 3.63) is 265 Å². The van der Waals surface area contributed by atoms with Crippen LogP contribution in [0.3, 0.4) is 0 Å². The molecule has 0 atom stereocenters. The third-order valence-corrected chi connectivity index (χ3v) is 13.5. The Kier molecular flexibility index (Phi) is 8.13. The maximum Gasteiger partial charge on any atom is 0.159 e. The Labute approximate surface area is 371 Å². The van der Waals surface area contributed by atoms with Gasteiger partial charge in [0.1, 0.15) is 5.58 Å². The van der Waals surface area contributed by atoms with Crippen molar-refractivity contribution in [3.63, 3.8) is 0 Å². The first-order valence-corrected chi connectivity index (χ1v) is 22.0. The number of furan rings is 1. The summed E-state index contributed by atoms with van der Waals surface area (Å²) in [5.41, 5.74) is 17.6. The van der Waals surface area contributed by atoms with Crippen molar-refractivity contribution in [2.24, 2.45) is 0 Å². The van der Waals surface area contributed by atoms with Gasteiger partial charge in [0.25, 0.3) is 0 Å². The van der Waals surface area contributed by atoms with E-state index in [2.05, 4.69) is 246 Å². The molecule has 0 saturated heterocycles. The summed E-state index contributed by atoms with van der Waals surface area (Å²) in [6, 6.07) is 88.3. The second kappa shape index (κ2) is 14.3. The van der Waals surface area contributed by atoms with Crippen LogP contribution in [0.1, 0.15) is 22.3 Å². The van der Waals surface area contributed by atoms with E-state index in [0.29, 0.717) is 0 Å². The lowest BCUT2D eigenvalue weighted by atomic mass is 9.67. The molecule has 13 rings (SSSR count). The lowest BCUT2D eigenvalue weighted by molar-refractivity contribution is 0.669. The van der Waals surface area contributed by atoms with Crippen molar-refractivity contribution in [1.29, 1.82) is 0 Å². The summed E-state index contributed by atoms with van der Waals surface area (Å²) in [5.74, 6) is 0. The second-order valence-electron chi connectivity index (χ2n) is 16.8. The molecular weight excluding hydrogens is 777 g/mol. The molecule has 64 heavy (non-hydrogen) atoms. The number of benzene rings is 10. The molecule has 0 bridgehead atoms. The zero-order chi connectivity index (χ0) is 42.2. The van der Waals surface area contributed by atoms with Gasteiger partial charge in [-0.3, -0.25) is 0 Å². The van der Waals surface area contributed by atoms with Crippen LogP contribution in [0.5, 0.6) is 0 Å². The van der Waals surface area contributed by atoms with E-state index in [9.17, 15) is 0 Å². The van der Waals surface area contributed by atoms with Gasteiger partial charge in [0.2, 0.25) is 0 Å². The molecule has 2 aromatic heterocycles. The molecule has 300 valence electrons. The maximum atomic E-state index is 6.73. The van der Waals surface area contributed by atoms with E-state index in [1.807, 2.05) is 6.07 Å². The molecule has 1 aliphatic carbocycles. The highest BCUT2D eigenvalue weighted by molar-refractivity contribution is 6.11. The van der Waals surface area contributed by atoms with Crippen molar-refractivity contribution in [3.8, 4) is 27.9 Å². The van der Waals surface area contributed by atoms with E-state index >= 15 is 0 Å². The van der Waals surface area contributed by atoms with Crippen LogP contribution in [0.25, 0.3) is 71.7 Å². The Morgan fingerprint density at radius 1 is 0.391 bits per heavy atom. The number of fused-ring (bicyclic) bond motifs is 9. The Bertz CT molecular complexity index is 3620. The average molecular weight is 817 g/mol. The Hall–Kier alpha value is -8.40. The van der Waals surface area contributed by atoms with Gasteiger partial charge in [0, 0.05) is 38.6 Å². The van der Waals surface area contributed by atoms with Crippen molar-refractivity contribution in [2.75, 3.05) is 4.90 Å². The molecule has 0 radical (unpaired) electrons. The summed E-state index contributed by atoms with van der Waals surface area (Å²) in [4.78, 5) is 2.36. The highest BCUT2D eigenvalue weighted by Crippen LogP contribution is 2.59. The SMILES string of the molecule is c1ccc(N(c2ccc3c(c2)C(c2ccccc2)(c2ccccc2)c2cccc(-c4ccc(-n5c6ccccc6c6ccccc65)cc4)c2-3)c2cccc3c2oc2ccccc23)cc1. The molecule has 0 saturated carbocycles. The van der Waals surface area contributed by atoms with E-state index in [4.69, 9.17) is 4.42 Å². The van der Waals surface area contributed by atoms with E-state index in [1.165, 1.54) is 66.3 Å². The number of anilines is 3. The Balaban J connectivity index is 1.05. The maximum absolute atomic E-state index is 6.73. The van der Waals surface area contributed by atoms with Crippen LogP contribution in [0.2, 0.25) is 0 Å². The van der Waals surface area contributed by atoms with Crippen molar-refractivity contribution < 1.29 is 4.42 Å². The minimum atomic E-state index is -0.615. The highest BCUT2D eigenvalue weighted by atomic mass is 16.3. The summed E-state index contributed by atoms with van der Waals surface area (Å²) < 4.78 is 9.12. The molecule has 0 amide bonds. The number of hydrogen-bond acceptors (Lipinski definition) is 2. The largest absolute Gasteiger partial charge is 0.454 e. The smallest absolute Gasteiger partial charge is 0.159 e. The molecule has 10 aromatic carbocycles. The molecule has 3 nitrogen and oxygen atoms in total. The molecule has 0 N–H and O–H groups in total. The number of rotatable bonds is 7. The number of para-hydroxylation sites is 5. The lowest BCUT2D eigenvalue weighted by Gasteiger charge is -2.35. The summed E-state index contributed by atoms with van der Waals surface area (Å²) in [6.07, 6.45) is 0. The van der Waals surface area contributed by atoms with Gasteiger partial charge in [-0.15, -0.1) is 0 Å². The zero-order valence-electron chi connectivity index (χ0n) is 34.9. The molecular formula is C61H40N2O. The fraction of sp³-hybridized carbons (Fsp3) is 0.0164. The number of nitrogens with zero attached hydrogens (tertiary/aromatic N) is 2. The number of hydrogen-bond donors (Lipinski definition) is 0.